The van der Waals surface area contributed by atoms with E-state index in [1.54, 1.807) is 0 Å². The van der Waals surface area contributed by atoms with Gasteiger partial charge >= 0.3 is 6.16 Å². The lowest BCUT2D eigenvalue weighted by atomic mass is 10.4. The van der Waals surface area contributed by atoms with E-state index in [4.69, 9.17) is 5.11 Å². The van der Waals surface area contributed by atoms with Crippen molar-refractivity contribution in [3.8, 4) is 0 Å². The third-order valence-corrected chi connectivity index (χ3v) is 8.52. The molecular weight excluding hydrogens is 260 g/mol. The number of hydrogen-bond acceptors (Lipinski definition) is 2. The summed E-state index contributed by atoms with van der Waals surface area (Å²) < 4.78 is 4.52. The Kier molecular flexibility index (Phi) is 7.86. The molecule has 0 saturated heterocycles. The summed E-state index contributed by atoms with van der Waals surface area (Å²) in [6.45, 7) is 12.6. The fraction of sp³-hybridized carbons (Fsp3) is 0.923. The lowest BCUT2D eigenvalue weighted by molar-refractivity contribution is 0.0904. The smallest absolute Gasteiger partial charge is 0.450 e. The Balaban J connectivity index is 3.64. The minimum absolute atomic E-state index is 0.356. The Labute approximate surface area is 114 Å². The lowest BCUT2D eigenvalue weighted by Crippen LogP contribution is -2.27. The predicted molar refractivity (Wildman–Crippen MR) is 83.1 cm³/mol. The Morgan fingerprint density at radius 3 is 2.00 bits per heavy atom. The van der Waals surface area contributed by atoms with Gasteiger partial charge in [0.1, 0.15) is 0 Å². The zero-order valence-corrected chi connectivity index (χ0v) is 14.7. The average Bonchev–Trinajstić information content (AvgIpc) is 2.13. The molecule has 18 heavy (non-hydrogen) atoms. The lowest BCUT2D eigenvalue weighted by Gasteiger charge is -2.24. The van der Waals surface area contributed by atoms with Crippen molar-refractivity contribution in [3.05, 3.63) is 0 Å². The second kappa shape index (κ2) is 7.99. The zero-order chi connectivity index (χ0) is 14.2. The highest BCUT2D eigenvalue weighted by atomic mass is 28.3. The van der Waals surface area contributed by atoms with Crippen molar-refractivity contribution in [1.82, 2.24) is 0 Å². The van der Waals surface area contributed by atoms with E-state index < -0.39 is 22.3 Å². The average molecular weight is 291 g/mol. The minimum atomic E-state index is -1.15. The summed E-state index contributed by atoms with van der Waals surface area (Å²) in [7, 11) is -1.94. The van der Waals surface area contributed by atoms with Gasteiger partial charge in [-0.1, -0.05) is 63.7 Å². The van der Waals surface area contributed by atoms with Crippen LogP contribution >= 0.6 is 0 Å². The van der Waals surface area contributed by atoms with Crippen LogP contribution in [0.3, 0.4) is 0 Å². The Morgan fingerprint density at radius 1 is 0.944 bits per heavy atom. The molecule has 0 rings (SSSR count). The summed E-state index contributed by atoms with van der Waals surface area (Å²) in [6.07, 6.45) is 2.22. The highest BCUT2D eigenvalue weighted by Crippen LogP contribution is 2.24. The van der Waals surface area contributed by atoms with Gasteiger partial charge in [-0.25, -0.2) is 4.79 Å². The summed E-state index contributed by atoms with van der Waals surface area (Å²) in [6, 6.07) is 4.14. The maximum absolute atomic E-state index is 10.2. The summed E-state index contributed by atoms with van der Waals surface area (Å²) in [5.74, 6) is 0. The first kappa shape index (κ1) is 17.7. The number of carboxylic acid groups (broad SMARTS) is 1. The van der Waals surface area contributed by atoms with Crippen LogP contribution in [0.15, 0.2) is 0 Å². The number of rotatable bonds is 9. The van der Waals surface area contributed by atoms with E-state index in [1.807, 2.05) is 0 Å². The van der Waals surface area contributed by atoms with Gasteiger partial charge in [-0.3, -0.25) is 0 Å². The molecule has 0 aliphatic carbocycles. The zero-order valence-electron chi connectivity index (χ0n) is 12.7. The van der Waals surface area contributed by atoms with Crippen molar-refractivity contribution in [1.29, 1.82) is 0 Å². The highest BCUT2D eigenvalue weighted by molar-refractivity contribution is 6.78. The van der Waals surface area contributed by atoms with Crippen LogP contribution in [-0.4, -0.2) is 34.0 Å². The molecule has 0 aliphatic heterocycles. The van der Waals surface area contributed by atoms with Crippen molar-refractivity contribution in [2.75, 3.05) is 6.61 Å². The van der Waals surface area contributed by atoms with Crippen LogP contribution in [0.1, 0.15) is 19.3 Å². The number of unbranched alkanes of at least 4 members (excludes halogenated alkanes) is 1. The second-order valence-electron chi connectivity index (χ2n) is 7.15. The molecule has 0 radical (unpaired) electrons. The van der Waals surface area contributed by atoms with Crippen LogP contribution in [-0.2, 0) is 4.74 Å². The van der Waals surface area contributed by atoms with E-state index in [-0.39, 0.29) is 0 Å². The molecule has 1 N–H and O–H groups in total. The summed E-state index contributed by atoms with van der Waals surface area (Å²) in [5, 5.41) is 8.36. The fourth-order valence-corrected chi connectivity index (χ4v) is 6.27. The maximum Gasteiger partial charge on any atom is 0.505 e. The van der Waals surface area contributed by atoms with Gasteiger partial charge in [-0.15, -0.1) is 0 Å². The molecule has 0 bridgehead atoms. The minimum Gasteiger partial charge on any atom is -0.450 e. The first-order valence-electron chi connectivity index (χ1n) is 6.98. The Hall–Kier alpha value is -0.296. The third-order valence-electron chi connectivity index (χ3n) is 3.25. The summed E-state index contributed by atoms with van der Waals surface area (Å²) in [5.41, 5.74) is 0. The van der Waals surface area contributed by atoms with E-state index in [0.29, 0.717) is 6.61 Å². The Morgan fingerprint density at radius 2 is 1.50 bits per heavy atom. The largest absolute Gasteiger partial charge is 0.505 e. The molecule has 0 spiro atoms. The van der Waals surface area contributed by atoms with E-state index in [0.717, 1.165) is 12.8 Å². The molecule has 0 unspecified atom stereocenters. The molecular formula is C13H30O3Si2. The number of hydrogen-bond donors (Lipinski definition) is 1. The van der Waals surface area contributed by atoms with Crippen molar-refractivity contribution >= 4 is 22.3 Å². The molecule has 0 saturated carbocycles. The van der Waals surface area contributed by atoms with Gasteiger partial charge in [0.25, 0.3) is 0 Å². The highest BCUT2D eigenvalue weighted by Gasteiger charge is 2.21. The molecule has 0 heterocycles. The molecule has 0 fully saturated rings. The first-order chi connectivity index (χ1) is 8.12. The van der Waals surface area contributed by atoms with Gasteiger partial charge in [0, 0.05) is 16.1 Å². The molecule has 108 valence electrons. The van der Waals surface area contributed by atoms with Crippen molar-refractivity contribution in [3.63, 3.8) is 0 Å². The van der Waals surface area contributed by atoms with Gasteiger partial charge < -0.3 is 9.84 Å². The predicted octanol–water partition coefficient (Wildman–Crippen LogP) is 4.90. The standard InChI is InChI=1S/C13H30O3Si2/c1-17(2,3)10-8-12-18(4,5)11-7-6-9-16-13(14)15/h6-12H2,1-5H3,(H,14,15). The van der Waals surface area contributed by atoms with E-state index in [9.17, 15) is 4.79 Å². The van der Waals surface area contributed by atoms with E-state index in [1.165, 1.54) is 24.6 Å². The van der Waals surface area contributed by atoms with Gasteiger partial charge in [0.15, 0.2) is 0 Å². The summed E-state index contributed by atoms with van der Waals surface area (Å²) >= 11 is 0. The quantitative estimate of drug-likeness (QED) is 0.373. The molecule has 0 aromatic carbocycles. The molecule has 3 nitrogen and oxygen atoms in total. The number of ether oxygens (including phenoxy) is 1. The molecule has 0 aromatic heterocycles. The monoisotopic (exact) mass is 290 g/mol. The topological polar surface area (TPSA) is 46.5 Å². The molecule has 0 atom stereocenters. The third kappa shape index (κ3) is 12.2. The normalized spacial score (nSPS) is 12.5. The molecule has 0 aromatic rings. The van der Waals surface area contributed by atoms with Gasteiger partial charge in [0.05, 0.1) is 6.61 Å². The van der Waals surface area contributed by atoms with E-state index in [2.05, 4.69) is 37.5 Å². The second-order valence-corrected chi connectivity index (χ2v) is 18.1. The van der Waals surface area contributed by atoms with Gasteiger partial charge in [0.2, 0.25) is 0 Å². The molecule has 5 heteroatoms. The fourth-order valence-electron chi connectivity index (χ4n) is 2.09. The van der Waals surface area contributed by atoms with Crippen LogP contribution in [0, 0.1) is 0 Å². The van der Waals surface area contributed by atoms with E-state index >= 15 is 0 Å². The molecule has 0 aliphatic rings. The number of carbonyl (C=O) groups is 1. The van der Waals surface area contributed by atoms with Crippen LogP contribution in [0.5, 0.6) is 0 Å². The van der Waals surface area contributed by atoms with Crippen LogP contribution in [0.25, 0.3) is 0 Å². The maximum atomic E-state index is 10.2. The van der Waals surface area contributed by atoms with Gasteiger partial charge in [-0.05, 0) is 6.42 Å². The Bertz CT molecular complexity index is 247. The van der Waals surface area contributed by atoms with Crippen LogP contribution in [0.4, 0.5) is 4.79 Å². The summed E-state index contributed by atoms with van der Waals surface area (Å²) in [4.78, 5) is 10.2. The molecule has 0 amide bonds. The first-order valence-corrected chi connectivity index (χ1v) is 14.1. The van der Waals surface area contributed by atoms with Crippen LogP contribution in [0.2, 0.25) is 50.9 Å². The van der Waals surface area contributed by atoms with Crippen molar-refractivity contribution < 1.29 is 14.6 Å². The van der Waals surface area contributed by atoms with Crippen LogP contribution < -0.4 is 0 Å². The SMILES string of the molecule is C[Si](C)(C)CCC[Si](C)(C)CCCCOC(=O)O. The van der Waals surface area contributed by atoms with Crippen molar-refractivity contribution in [2.24, 2.45) is 0 Å². The van der Waals surface area contributed by atoms with Crippen molar-refractivity contribution in [2.45, 2.75) is 70.1 Å². The van der Waals surface area contributed by atoms with Gasteiger partial charge in [-0.2, -0.15) is 0 Å².